The Bertz CT molecular complexity index is 793. The molecule has 2 heterocycles. The molecule has 1 saturated carbocycles. The number of benzene rings is 1. The molecule has 0 amide bonds. The van der Waals surface area contributed by atoms with Crippen LogP contribution in [0.5, 0.6) is 0 Å². The Morgan fingerprint density at radius 1 is 1.15 bits per heavy atom. The number of nitrogens with zero attached hydrogens (tertiary/aromatic N) is 1. The van der Waals surface area contributed by atoms with E-state index in [0.29, 0.717) is 18.3 Å². The van der Waals surface area contributed by atoms with Crippen LogP contribution in [-0.4, -0.2) is 29.1 Å². The zero-order chi connectivity index (χ0) is 18.6. The van der Waals surface area contributed by atoms with Gasteiger partial charge in [-0.1, -0.05) is 12.1 Å². The van der Waals surface area contributed by atoms with E-state index in [0.717, 1.165) is 63.7 Å². The van der Waals surface area contributed by atoms with Crippen molar-refractivity contribution < 1.29 is 9.90 Å². The number of thiazole rings is 1. The van der Waals surface area contributed by atoms with Crippen LogP contribution in [0.1, 0.15) is 60.6 Å². The SMILES string of the molecule is O=C(O)CC[C@H]1CC[C@H](c2nc(-c3ccc4c(c3)CCNCC4)cs2)CC1. The number of hydrogen-bond donors (Lipinski definition) is 2. The minimum atomic E-state index is -0.668. The lowest BCUT2D eigenvalue weighted by Gasteiger charge is -2.26. The van der Waals surface area contributed by atoms with Crippen molar-refractivity contribution >= 4 is 17.3 Å². The largest absolute Gasteiger partial charge is 0.481 e. The van der Waals surface area contributed by atoms with Gasteiger partial charge in [0.15, 0.2) is 0 Å². The number of carboxylic acids is 1. The van der Waals surface area contributed by atoms with E-state index in [2.05, 4.69) is 28.9 Å². The van der Waals surface area contributed by atoms with Crippen LogP contribution in [0.4, 0.5) is 0 Å². The number of aliphatic carboxylic acids is 1. The van der Waals surface area contributed by atoms with Crippen molar-refractivity contribution in [2.24, 2.45) is 5.92 Å². The summed E-state index contributed by atoms with van der Waals surface area (Å²) in [5.41, 5.74) is 5.29. The van der Waals surface area contributed by atoms with Crippen LogP contribution in [-0.2, 0) is 17.6 Å². The third kappa shape index (κ3) is 4.58. The van der Waals surface area contributed by atoms with Gasteiger partial charge in [-0.3, -0.25) is 4.79 Å². The zero-order valence-corrected chi connectivity index (χ0v) is 16.6. The number of hydrogen-bond acceptors (Lipinski definition) is 4. The first-order valence-corrected chi connectivity index (χ1v) is 11.1. The summed E-state index contributed by atoms with van der Waals surface area (Å²) in [6.07, 6.45) is 7.92. The molecule has 5 heteroatoms. The molecule has 0 spiro atoms. The highest BCUT2D eigenvalue weighted by Gasteiger charge is 2.25. The van der Waals surface area contributed by atoms with Gasteiger partial charge in [-0.15, -0.1) is 11.3 Å². The maximum absolute atomic E-state index is 10.8. The molecule has 1 fully saturated rings. The fraction of sp³-hybridized carbons (Fsp3) is 0.545. The quantitative estimate of drug-likeness (QED) is 0.788. The third-order valence-corrected chi connectivity index (χ3v) is 7.14. The third-order valence-electron chi connectivity index (χ3n) is 6.13. The summed E-state index contributed by atoms with van der Waals surface area (Å²) in [7, 11) is 0. The Balaban J connectivity index is 1.41. The molecule has 144 valence electrons. The van der Waals surface area contributed by atoms with Gasteiger partial charge in [-0.2, -0.15) is 0 Å². The smallest absolute Gasteiger partial charge is 0.303 e. The van der Waals surface area contributed by atoms with Gasteiger partial charge in [-0.25, -0.2) is 4.98 Å². The molecule has 0 radical (unpaired) electrons. The molecule has 4 rings (SSSR count). The predicted octanol–water partition coefficient (Wildman–Crippen LogP) is 4.64. The highest BCUT2D eigenvalue weighted by atomic mass is 32.1. The molecule has 1 aromatic carbocycles. The van der Waals surface area contributed by atoms with Crippen LogP contribution in [0.3, 0.4) is 0 Å². The lowest BCUT2D eigenvalue weighted by molar-refractivity contribution is -0.137. The first kappa shape index (κ1) is 18.6. The summed E-state index contributed by atoms with van der Waals surface area (Å²) < 4.78 is 0. The molecule has 1 aliphatic carbocycles. The Labute approximate surface area is 165 Å². The molecular formula is C22H28N2O2S. The van der Waals surface area contributed by atoms with Gasteiger partial charge >= 0.3 is 5.97 Å². The topological polar surface area (TPSA) is 62.2 Å². The second kappa shape index (κ2) is 8.53. The second-order valence-electron chi connectivity index (χ2n) is 7.95. The molecule has 0 atom stereocenters. The summed E-state index contributed by atoms with van der Waals surface area (Å²) in [4.78, 5) is 15.7. The Morgan fingerprint density at radius 3 is 2.70 bits per heavy atom. The molecular weight excluding hydrogens is 356 g/mol. The van der Waals surface area contributed by atoms with Crippen molar-refractivity contribution in [3.05, 3.63) is 39.7 Å². The van der Waals surface area contributed by atoms with Crippen LogP contribution in [0.15, 0.2) is 23.6 Å². The first-order chi connectivity index (χ1) is 13.2. The van der Waals surface area contributed by atoms with Crippen LogP contribution in [0.25, 0.3) is 11.3 Å². The molecule has 2 N–H and O–H groups in total. The van der Waals surface area contributed by atoms with Gasteiger partial charge in [0.05, 0.1) is 10.7 Å². The van der Waals surface area contributed by atoms with Gasteiger partial charge < -0.3 is 10.4 Å². The fourth-order valence-electron chi connectivity index (χ4n) is 4.47. The van der Waals surface area contributed by atoms with Crippen molar-refractivity contribution in [1.82, 2.24) is 10.3 Å². The van der Waals surface area contributed by atoms with Crippen molar-refractivity contribution in [3.63, 3.8) is 0 Å². The monoisotopic (exact) mass is 384 g/mol. The number of carboxylic acid groups (broad SMARTS) is 1. The highest BCUT2D eigenvalue weighted by molar-refractivity contribution is 7.10. The van der Waals surface area contributed by atoms with Crippen LogP contribution >= 0.6 is 11.3 Å². The fourth-order valence-corrected chi connectivity index (χ4v) is 5.47. The molecule has 4 nitrogen and oxygen atoms in total. The van der Waals surface area contributed by atoms with E-state index in [1.807, 2.05) is 0 Å². The molecule has 1 aliphatic heterocycles. The molecule has 27 heavy (non-hydrogen) atoms. The van der Waals surface area contributed by atoms with E-state index in [1.165, 1.54) is 21.7 Å². The molecule has 2 aliphatic rings. The Kier molecular flexibility index (Phi) is 5.89. The molecule has 2 aromatic rings. The average molecular weight is 385 g/mol. The number of aromatic nitrogens is 1. The van der Waals surface area contributed by atoms with E-state index >= 15 is 0 Å². The second-order valence-corrected chi connectivity index (χ2v) is 8.84. The summed E-state index contributed by atoms with van der Waals surface area (Å²) in [5.74, 6) is 0.461. The lowest BCUT2D eigenvalue weighted by atomic mass is 9.80. The first-order valence-electron chi connectivity index (χ1n) is 10.2. The van der Waals surface area contributed by atoms with Gasteiger partial charge in [0.1, 0.15) is 0 Å². The van der Waals surface area contributed by atoms with Crippen molar-refractivity contribution in [1.29, 1.82) is 0 Å². The summed E-state index contributed by atoms with van der Waals surface area (Å²) in [5, 5.41) is 15.8. The molecule has 0 bridgehead atoms. The zero-order valence-electron chi connectivity index (χ0n) is 15.7. The van der Waals surface area contributed by atoms with Gasteiger partial charge in [0, 0.05) is 23.3 Å². The maximum Gasteiger partial charge on any atom is 0.303 e. The van der Waals surface area contributed by atoms with E-state index in [-0.39, 0.29) is 0 Å². The van der Waals surface area contributed by atoms with E-state index in [4.69, 9.17) is 10.1 Å². The lowest BCUT2D eigenvalue weighted by Crippen LogP contribution is -2.16. The van der Waals surface area contributed by atoms with Crippen LogP contribution in [0.2, 0.25) is 0 Å². The summed E-state index contributed by atoms with van der Waals surface area (Å²) in [6.45, 7) is 2.13. The number of nitrogens with one attached hydrogen (secondary N) is 1. The number of carbonyl (C=O) groups is 1. The normalized spacial score (nSPS) is 22.8. The maximum atomic E-state index is 10.8. The summed E-state index contributed by atoms with van der Waals surface area (Å²) in [6, 6.07) is 6.85. The average Bonchev–Trinajstić information content (AvgIpc) is 3.06. The van der Waals surface area contributed by atoms with E-state index in [9.17, 15) is 4.79 Å². The van der Waals surface area contributed by atoms with Crippen molar-refractivity contribution in [3.8, 4) is 11.3 Å². The number of rotatable bonds is 5. The molecule has 1 aromatic heterocycles. The van der Waals surface area contributed by atoms with Crippen LogP contribution in [0, 0.1) is 5.92 Å². The minimum Gasteiger partial charge on any atom is -0.481 e. The van der Waals surface area contributed by atoms with E-state index in [1.54, 1.807) is 11.3 Å². The Hall–Kier alpha value is -1.72. The van der Waals surface area contributed by atoms with Crippen molar-refractivity contribution in [2.75, 3.05) is 13.1 Å². The minimum absolute atomic E-state index is 0.310. The van der Waals surface area contributed by atoms with Crippen LogP contribution < -0.4 is 5.32 Å². The number of fused-ring (bicyclic) bond motifs is 1. The standard InChI is InChI=1S/C22H28N2O2S/c25-21(26)8-3-15-1-4-17(5-2-15)22-24-20(14-27-22)19-7-6-16-9-11-23-12-10-18(16)13-19/h6-7,13-15,17,23H,1-5,8-12H2,(H,25,26)/t15-,17-. The van der Waals surface area contributed by atoms with Gasteiger partial charge in [0.25, 0.3) is 0 Å². The highest BCUT2D eigenvalue weighted by Crippen LogP contribution is 2.39. The van der Waals surface area contributed by atoms with Gasteiger partial charge in [0.2, 0.25) is 0 Å². The van der Waals surface area contributed by atoms with Gasteiger partial charge in [-0.05, 0) is 81.1 Å². The Morgan fingerprint density at radius 2 is 1.93 bits per heavy atom. The predicted molar refractivity (Wildman–Crippen MR) is 109 cm³/mol. The molecule has 0 unspecified atom stereocenters. The summed E-state index contributed by atoms with van der Waals surface area (Å²) >= 11 is 1.79. The molecule has 0 saturated heterocycles. The van der Waals surface area contributed by atoms with E-state index < -0.39 is 5.97 Å². The van der Waals surface area contributed by atoms with Crippen molar-refractivity contribution in [2.45, 2.75) is 57.3 Å².